The number of nitrogens with one attached hydrogen (secondary N) is 1. The van der Waals surface area contributed by atoms with Crippen molar-refractivity contribution in [2.75, 3.05) is 31.4 Å². The predicted molar refractivity (Wildman–Crippen MR) is 101 cm³/mol. The lowest BCUT2D eigenvalue weighted by atomic mass is 10.1. The molecule has 2 aromatic carbocycles. The van der Waals surface area contributed by atoms with E-state index in [4.69, 9.17) is 14.2 Å². The molecule has 8 nitrogen and oxygen atoms in total. The quantitative estimate of drug-likeness (QED) is 0.730. The Kier molecular flexibility index (Phi) is 5.84. The summed E-state index contributed by atoms with van der Waals surface area (Å²) in [5, 5.41) is 2.61. The van der Waals surface area contributed by atoms with Crippen LogP contribution in [0.25, 0.3) is 0 Å². The minimum Gasteiger partial charge on any atom is -0.486 e. The Labute approximate surface area is 162 Å². The zero-order valence-corrected chi connectivity index (χ0v) is 16.0. The van der Waals surface area contributed by atoms with E-state index in [1.165, 1.54) is 12.1 Å². The highest BCUT2D eigenvalue weighted by Gasteiger charge is 2.15. The molecule has 0 saturated carbocycles. The molecule has 2 aromatic rings. The molecular weight excluding hydrogens is 386 g/mol. The fraction of sp³-hybridized carbons (Fsp3) is 0.263. The maximum Gasteiger partial charge on any atom is 0.338 e. The van der Waals surface area contributed by atoms with Crippen molar-refractivity contribution in [1.29, 1.82) is 0 Å². The van der Waals surface area contributed by atoms with Gasteiger partial charge in [0.05, 0.1) is 11.3 Å². The summed E-state index contributed by atoms with van der Waals surface area (Å²) in [6.07, 6.45) is 1.11. The fourth-order valence-corrected chi connectivity index (χ4v) is 3.41. The molecule has 0 aliphatic carbocycles. The van der Waals surface area contributed by atoms with Crippen LogP contribution in [0.15, 0.2) is 42.5 Å². The lowest BCUT2D eigenvalue weighted by molar-refractivity contribution is -0.119. The average Bonchev–Trinajstić information content (AvgIpc) is 2.65. The fourth-order valence-electron chi connectivity index (χ4n) is 2.62. The standard InChI is InChI=1S/C19H19NO7S/c1-28(23,24)12-13-3-2-4-14(9-13)19(22)27-11-18(21)20-15-5-6-16-17(10-15)26-8-7-25-16/h2-6,9-10H,7-8,11-12H2,1H3,(H,20,21). The van der Waals surface area contributed by atoms with Gasteiger partial charge in [-0.15, -0.1) is 0 Å². The Morgan fingerprint density at radius 2 is 1.82 bits per heavy atom. The molecule has 1 N–H and O–H groups in total. The number of rotatable bonds is 6. The molecule has 9 heteroatoms. The molecule has 1 aliphatic heterocycles. The third-order valence-corrected chi connectivity index (χ3v) is 4.61. The van der Waals surface area contributed by atoms with E-state index in [9.17, 15) is 18.0 Å². The van der Waals surface area contributed by atoms with Gasteiger partial charge in [-0.1, -0.05) is 12.1 Å². The maximum absolute atomic E-state index is 12.1. The van der Waals surface area contributed by atoms with Crippen LogP contribution in [0.2, 0.25) is 0 Å². The normalized spacial score (nSPS) is 12.9. The Hall–Kier alpha value is -3.07. The first kappa shape index (κ1) is 19.7. The number of fused-ring (bicyclic) bond motifs is 1. The van der Waals surface area contributed by atoms with Crippen LogP contribution in [0.5, 0.6) is 11.5 Å². The minimum atomic E-state index is -3.22. The molecule has 1 heterocycles. The number of benzene rings is 2. The molecule has 1 amide bonds. The summed E-state index contributed by atoms with van der Waals surface area (Å²) in [5.41, 5.74) is 1.13. The highest BCUT2D eigenvalue weighted by molar-refractivity contribution is 7.89. The van der Waals surface area contributed by atoms with Crippen molar-refractivity contribution in [3.05, 3.63) is 53.6 Å². The van der Waals surface area contributed by atoms with Gasteiger partial charge in [0, 0.05) is 18.0 Å². The first-order valence-electron chi connectivity index (χ1n) is 8.43. The summed E-state index contributed by atoms with van der Waals surface area (Å²) < 4.78 is 38.6. The Morgan fingerprint density at radius 3 is 2.57 bits per heavy atom. The van der Waals surface area contributed by atoms with E-state index in [2.05, 4.69) is 5.32 Å². The van der Waals surface area contributed by atoms with Crippen LogP contribution in [0, 0.1) is 0 Å². The summed E-state index contributed by atoms with van der Waals surface area (Å²) in [7, 11) is -3.22. The highest BCUT2D eigenvalue weighted by atomic mass is 32.2. The van der Waals surface area contributed by atoms with E-state index in [1.807, 2.05) is 0 Å². The molecule has 0 spiro atoms. The second-order valence-corrected chi connectivity index (χ2v) is 8.39. The number of anilines is 1. The van der Waals surface area contributed by atoms with Gasteiger partial charge in [-0.25, -0.2) is 13.2 Å². The zero-order valence-electron chi connectivity index (χ0n) is 15.1. The third-order valence-electron chi connectivity index (χ3n) is 3.75. The van der Waals surface area contributed by atoms with Crippen molar-refractivity contribution in [3.63, 3.8) is 0 Å². The van der Waals surface area contributed by atoms with E-state index in [1.54, 1.807) is 30.3 Å². The smallest absolute Gasteiger partial charge is 0.338 e. The van der Waals surface area contributed by atoms with E-state index < -0.39 is 28.3 Å². The van der Waals surface area contributed by atoms with Gasteiger partial charge in [-0.05, 0) is 29.8 Å². The van der Waals surface area contributed by atoms with Gasteiger partial charge < -0.3 is 19.5 Å². The first-order chi connectivity index (χ1) is 13.3. The monoisotopic (exact) mass is 405 g/mol. The van der Waals surface area contributed by atoms with Gasteiger partial charge in [0.25, 0.3) is 5.91 Å². The topological polar surface area (TPSA) is 108 Å². The molecule has 0 fully saturated rings. The van der Waals surface area contributed by atoms with Gasteiger partial charge in [-0.2, -0.15) is 0 Å². The molecular formula is C19H19NO7S. The van der Waals surface area contributed by atoms with Crippen molar-refractivity contribution < 1.29 is 32.2 Å². The molecule has 3 rings (SSSR count). The summed E-state index contributed by atoms with van der Waals surface area (Å²) >= 11 is 0. The van der Waals surface area contributed by atoms with Crippen LogP contribution >= 0.6 is 0 Å². The summed E-state index contributed by atoms with van der Waals surface area (Å²) in [5.74, 6) is -0.281. The second kappa shape index (κ2) is 8.30. The first-order valence-corrected chi connectivity index (χ1v) is 10.5. The van der Waals surface area contributed by atoms with Gasteiger partial charge in [0.15, 0.2) is 27.9 Å². The molecule has 148 valence electrons. The summed E-state index contributed by atoms with van der Waals surface area (Å²) in [6.45, 7) is 0.421. The van der Waals surface area contributed by atoms with Crippen molar-refractivity contribution >= 4 is 27.4 Å². The van der Waals surface area contributed by atoms with Gasteiger partial charge in [0.1, 0.15) is 13.2 Å². The SMILES string of the molecule is CS(=O)(=O)Cc1cccc(C(=O)OCC(=O)Nc2ccc3c(c2)OCCO3)c1. The maximum atomic E-state index is 12.1. The van der Waals surface area contributed by atoms with Crippen molar-refractivity contribution in [2.24, 2.45) is 0 Å². The lowest BCUT2D eigenvalue weighted by Crippen LogP contribution is -2.21. The summed E-state index contributed by atoms with van der Waals surface area (Å²) in [4.78, 5) is 24.2. The Bertz CT molecular complexity index is 1000. The molecule has 0 saturated heterocycles. The molecule has 0 radical (unpaired) electrons. The lowest BCUT2D eigenvalue weighted by Gasteiger charge is -2.19. The van der Waals surface area contributed by atoms with E-state index >= 15 is 0 Å². The van der Waals surface area contributed by atoms with Crippen molar-refractivity contribution in [1.82, 2.24) is 0 Å². The number of amides is 1. The van der Waals surface area contributed by atoms with Crippen LogP contribution in [-0.4, -0.2) is 46.4 Å². The molecule has 0 atom stereocenters. The number of esters is 1. The van der Waals surface area contributed by atoms with Crippen molar-refractivity contribution in [2.45, 2.75) is 5.75 Å². The van der Waals surface area contributed by atoms with Crippen LogP contribution < -0.4 is 14.8 Å². The average molecular weight is 405 g/mol. The van der Waals surface area contributed by atoms with Crippen LogP contribution in [0.4, 0.5) is 5.69 Å². The van der Waals surface area contributed by atoms with Crippen molar-refractivity contribution in [3.8, 4) is 11.5 Å². The molecule has 0 unspecified atom stereocenters. The van der Waals surface area contributed by atoms with Crippen LogP contribution in [0.1, 0.15) is 15.9 Å². The van der Waals surface area contributed by atoms with Crippen LogP contribution in [-0.2, 0) is 25.1 Å². The van der Waals surface area contributed by atoms with Gasteiger partial charge in [0.2, 0.25) is 0 Å². The number of hydrogen-bond acceptors (Lipinski definition) is 7. The number of ether oxygens (including phenoxy) is 3. The zero-order chi connectivity index (χ0) is 20.1. The van der Waals surface area contributed by atoms with Crippen LogP contribution in [0.3, 0.4) is 0 Å². The highest BCUT2D eigenvalue weighted by Crippen LogP contribution is 2.32. The number of carbonyl (C=O) groups excluding carboxylic acids is 2. The molecule has 0 bridgehead atoms. The predicted octanol–water partition coefficient (Wildman–Crippen LogP) is 1.80. The second-order valence-electron chi connectivity index (χ2n) is 6.25. The largest absolute Gasteiger partial charge is 0.486 e. The van der Waals surface area contributed by atoms with Gasteiger partial charge >= 0.3 is 5.97 Å². The molecule has 0 aromatic heterocycles. The van der Waals surface area contributed by atoms with E-state index in [-0.39, 0.29) is 11.3 Å². The minimum absolute atomic E-state index is 0.174. The van der Waals surface area contributed by atoms with Gasteiger partial charge in [-0.3, -0.25) is 4.79 Å². The van der Waals surface area contributed by atoms with E-state index in [0.717, 1.165) is 6.26 Å². The number of sulfone groups is 1. The third kappa shape index (κ3) is 5.46. The molecule has 1 aliphatic rings. The summed E-state index contributed by atoms with van der Waals surface area (Å²) in [6, 6.07) is 11.1. The Morgan fingerprint density at radius 1 is 1.07 bits per heavy atom. The van der Waals surface area contributed by atoms with E-state index in [0.29, 0.717) is 36.0 Å². The molecule has 28 heavy (non-hydrogen) atoms. The number of carbonyl (C=O) groups is 2. The Balaban J connectivity index is 1.56. The number of hydrogen-bond donors (Lipinski definition) is 1.